The SMILES string of the molecule is CCCNCCc1ncc(CCCOCC)o1. The summed E-state index contributed by atoms with van der Waals surface area (Å²) in [6.45, 7) is 7.74. The molecule has 0 saturated carbocycles. The molecule has 1 aromatic heterocycles. The second kappa shape index (κ2) is 9.19. The Morgan fingerprint density at radius 3 is 2.94 bits per heavy atom. The Morgan fingerprint density at radius 2 is 2.18 bits per heavy atom. The first-order valence-corrected chi connectivity index (χ1v) is 6.58. The van der Waals surface area contributed by atoms with Gasteiger partial charge >= 0.3 is 0 Å². The molecule has 0 atom stereocenters. The van der Waals surface area contributed by atoms with Gasteiger partial charge in [0, 0.05) is 32.6 Å². The number of nitrogens with one attached hydrogen (secondary N) is 1. The van der Waals surface area contributed by atoms with E-state index in [4.69, 9.17) is 9.15 Å². The van der Waals surface area contributed by atoms with Crippen molar-refractivity contribution in [2.75, 3.05) is 26.3 Å². The molecule has 4 heteroatoms. The number of ether oxygens (including phenoxy) is 1. The predicted molar refractivity (Wildman–Crippen MR) is 68.2 cm³/mol. The van der Waals surface area contributed by atoms with Crippen molar-refractivity contribution in [2.45, 2.75) is 39.5 Å². The molecule has 1 heterocycles. The minimum Gasteiger partial charge on any atom is -0.446 e. The molecular formula is C13H24N2O2. The Balaban J connectivity index is 2.14. The summed E-state index contributed by atoms with van der Waals surface area (Å²) in [6, 6.07) is 0. The molecule has 98 valence electrons. The number of hydrogen-bond acceptors (Lipinski definition) is 4. The molecule has 0 aromatic carbocycles. The van der Waals surface area contributed by atoms with Crippen molar-refractivity contribution < 1.29 is 9.15 Å². The zero-order chi connectivity index (χ0) is 12.3. The largest absolute Gasteiger partial charge is 0.446 e. The maximum Gasteiger partial charge on any atom is 0.195 e. The predicted octanol–water partition coefficient (Wildman–Crippen LogP) is 2.19. The minimum absolute atomic E-state index is 0.782. The van der Waals surface area contributed by atoms with Crippen LogP contribution in [0, 0.1) is 0 Å². The summed E-state index contributed by atoms with van der Waals surface area (Å²) in [5.41, 5.74) is 0. The topological polar surface area (TPSA) is 47.3 Å². The first kappa shape index (κ1) is 14.2. The summed E-state index contributed by atoms with van der Waals surface area (Å²) in [5, 5.41) is 3.33. The van der Waals surface area contributed by atoms with Crippen molar-refractivity contribution in [3.05, 3.63) is 17.8 Å². The van der Waals surface area contributed by atoms with Crippen LogP contribution in [0.5, 0.6) is 0 Å². The Bertz CT molecular complexity index is 260. The Hall–Kier alpha value is -0.870. The molecule has 0 radical (unpaired) electrons. The second-order valence-corrected chi connectivity index (χ2v) is 4.02. The van der Waals surface area contributed by atoms with Crippen molar-refractivity contribution >= 4 is 0 Å². The van der Waals surface area contributed by atoms with Crippen molar-refractivity contribution in [3.8, 4) is 0 Å². The number of aryl methyl sites for hydroxylation is 1. The van der Waals surface area contributed by atoms with Crippen molar-refractivity contribution in [2.24, 2.45) is 0 Å². The Morgan fingerprint density at radius 1 is 1.29 bits per heavy atom. The highest BCUT2D eigenvalue weighted by Crippen LogP contribution is 2.06. The molecule has 0 aliphatic carbocycles. The molecule has 0 bridgehead atoms. The van der Waals surface area contributed by atoms with E-state index >= 15 is 0 Å². The van der Waals surface area contributed by atoms with E-state index in [1.165, 1.54) is 0 Å². The third-order valence-corrected chi connectivity index (χ3v) is 2.46. The fraction of sp³-hybridized carbons (Fsp3) is 0.769. The summed E-state index contributed by atoms with van der Waals surface area (Å²) in [6.07, 6.45) is 5.77. The second-order valence-electron chi connectivity index (χ2n) is 4.02. The zero-order valence-corrected chi connectivity index (χ0v) is 11.0. The van der Waals surface area contributed by atoms with Gasteiger partial charge in [-0.25, -0.2) is 4.98 Å². The highest BCUT2D eigenvalue weighted by molar-refractivity contribution is 4.94. The fourth-order valence-corrected chi connectivity index (χ4v) is 1.57. The monoisotopic (exact) mass is 240 g/mol. The van der Waals surface area contributed by atoms with Gasteiger partial charge in [0.25, 0.3) is 0 Å². The van der Waals surface area contributed by atoms with Crippen LogP contribution in [-0.4, -0.2) is 31.3 Å². The van der Waals surface area contributed by atoms with E-state index in [-0.39, 0.29) is 0 Å². The average molecular weight is 240 g/mol. The zero-order valence-electron chi connectivity index (χ0n) is 11.0. The van der Waals surface area contributed by atoms with E-state index in [0.717, 1.165) is 63.6 Å². The van der Waals surface area contributed by atoms with E-state index in [0.29, 0.717) is 0 Å². The summed E-state index contributed by atoms with van der Waals surface area (Å²) in [4.78, 5) is 4.27. The number of nitrogens with zero attached hydrogens (tertiary/aromatic N) is 1. The lowest BCUT2D eigenvalue weighted by Gasteiger charge is -2.00. The lowest BCUT2D eigenvalue weighted by molar-refractivity contribution is 0.144. The van der Waals surface area contributed by atoms with Crippen LogP contribution in [0.25, 0.3) is 0 Å². The van der Waals surface area contributed by atoms with Gasteiger partial charge in [-0.15, -0.1) is 0 Å². The third kappa shape index (κ3) is 6.44. The van der Waals surface area contributed by atoms with Crippen LogP contribution in [-0.2, 0) is 17.6 Å². The maximum atomic E-state index is 5.64. The van der Waals surface area contributed by atoms with Crippen LogP contribution in [0.4, 0.5) is 0 Å². The highest BCUT2D eigenvalue weighted by Gasteiger charge is 2.03. The molecule has 0 fully saturated rings. The molecule has 17 heavy (non-hydrogen) atoms. The standard InChI is InChI=1S/C13H24N2O2/c1-3-8-14-9-7-13-15-11-12(17-13)6-5-10-16-4-2/h11,14H,3-10H2,1-2H3. The van der Waals surface area contributed by atoms with Crippen LogP contribution < -0.4 is 5.32 Å². The number of aromatic nitrogens is 1. The molecule has 1 rings (SSSR count). The minimum atomic E-state index is 0.782. The summed E-state index contributed by atoms with van der Waals surface area (Å²) >= 11 is 0. The molecule has 0 unspecified atom stereocenters. The van der Waals surface area contributed by atoms with Crippen molar-refractivity contribution in [3.63, 3.8) is 0 Å². The van der Waals surface area contributed by atoms with Gasteiger partial charge in [-0.3, -0.25) is 0 Å². The summed E-state index contributed by atoms with van der Waals surface area (Å²) in [7, 11) is 0. The first-order valence-electron chi connectivity index (χ1n) is 6.58. The molecule has 1 aromatic rings. The fourth-order valence-electron chi connectivity index (χ4n) is 1.57. The van der Waals surface area contributed by atoms with Gasteiger partial charge in [-0.05, 0) is 26.3 Å². The van der Waals surface area contributed by atoms with Crippen molar-refractivity contribution in [1.29, 1.82) is 0 Å². The molecule has 0 spiro atoms. The molecule has 0 amide bonds. The first-order chi connectivity index (χ1) is 8.36. The van der Waals surface area contributed by atoms with E-state index in [9.17, 15) is 0 Å². The smallest absolute Gasteiger partial charge is 0.195 e. The van der Waals surface area contributed by atoms with E-state index < -0.39 is 0 Å². The molecule has 0 aliphatic rings. The molecule has 0 saturated heterocycles. The molecule has 4 nitrogen and oxygen atoms in total. The average Bonchev–Trinajstić information content (AvgIpc) is 2.78. The van der Waals surface area contributed by atoms with E-state index in [1.54, 1.807) is 0 Å². The summed E-state index contributed by atoms with van der Waals surface area (Å²) < 4.78 is 10.9. The summed E-state index contributed by atoms with van der Waals surface area (Å²) in [5.74, 6) is 1.80. The van der Waals surface area contributed by atoms with Crippen LogP contribution in [0.2, 0.25) is 0 Å². The van der Waals surface area contributed by atoms with Crippen LogP contribution in [0.1, 0.15) is 38.3 Å². The van der Waals surface area contributed by atoms with E-state index in [2.05, 4.69) is 17.2 Å². The quantitative estimate of drug-likeness (QED) is 0.637. The van der Waals surface area contributed by atoms with Crippen LogP contribution >= 0.6 is 0 Å². The van der Waals surface area contributed by atoms with Gasteiger partial charge in [-0.1, -0.05) is 6.92 Å². The van der Waals surface area contributed by atoms with Gasteiger partial charge in [0.2, 0.25) is 0 Å². The lowest BCUT2D eigenvalue weighted by atomic mass is 10.3. The van der Waals surface area contributed by atoms with Gasteiger partial charge in [-0.2, -0.15) is 0 Å². The highest BCUT2D eigenvalue weighted by atomic mass is 16.5. The van der Waals surface area contributed by atoms with Crippen LogP contribution in [0.3, 0.4) is 0 Å². The Kier molecular flexibility index (Phi) is 7.67. The normalized spacial score (nSPS) is 10.9. The van der Waals surface area contributed by atoms with Gasteiger partial charge in [0.05, 0.1) is 6.20 Å². The number of rotatable bonds is 10. The third-order valence-electron chi connectivity index (χ3n) is 2.46. The van der Waals surface area contributed by atoms with E-state index in [1.807, 2.05) is 13.1 Å². The lowest BCUT2D eigenvalue weighted by Crippen LogP contribution is -2.17. The number of oxazole rings is 1. The van der Waals surface area contributed by atoms with Gasteiger partial charge in [0.1, 0.15) is 5.76 Å². The van der Waals surface area contributed by atoms with Gasteiger partial charge < -0.3 is 14.5 Å². The maximum absolute atomic E-state index is 5.64. The molecular weight excluding hydrogens is 216 g/mol. The molecule has 0 aliphatic heterocycles. The van der Waals surface area contributed by atoms with Gasteiger partial charge in [0.15, 0.2) is 5.89 Å². The van der Waals surface area contributed by atoms with Crippen LogP contribution in [0.15, 0.2) is 10.6 Å². The number of hydrogen-bond donors (Lipinski definition) is 1. The molecule has 1 N–H and O–H groups in total. The van der Waals surface area contributed by atoms with Crippen molar-refractivity contribution in [1.82, 2.24) is 10.3 Å². The Labute approximate surface area is 104 Å².